The van der Waals surface area contributed by atoms with Crippen LogP contribution in [0.3, 0.4) is 0 Å². The van der Waals surface area contributed by atoms with Crippen molar-refractivity contribution in [2.75, 3.05) is 13.6 Å². The molecule has 1 aromatic rings. The maximum absolute atomic E-state index is 12.7. The fraction of sp³-hybridized carbons (Fsp3) is 0.692. The monoisotopic (exact) mass is 302 g/mol. The molecule has 1 atom stereocenters. The number of hydrogen-bond acceptors (Lipinski definition) is 4. The van der Waals surface area contributed by atoms with Crippen LogP contribution in [-0.2, 0) is 16.6 Å². The molecule has 0 saturated carbocycles. The van der Waals surface area contributed by atoms with E-state index < -0.39 is 10.0 Å². The van der Waals surface area contributed by atoms with E-state index in [9.17, 15) is 8.42 Å². The van der Waals surface area contributed by atoms with E-state index in [0.717, 1.165) is 37.1 Å². The van der Waals surface area contributed by atoms with Gasteiger partial charge in [0.25, 0.3) is 0 Å². The van der Waals surface area contributed by atoms with Gasteiger partial charge in [0.2, 0.25) is 10.0 Å². The number of nitrogens with zero attached hydrogens (tertiary/aromatic N) is 1. The van der Waals surface area contributed by atoms with Crippen LogP contribution in [0, 0.1) is 0 Å². The molecule has 1 saturated heterocycles. The lowest BCUT2D eigenvalue weighted by Gasteiger charge is -2.25. The first-order valence-electron chi connectivity index (χ1n) is 6.79. The van der Waals surface area contributed by atoms with Gasteiger partial charge in [0.1, 0.15) is 0 Å². The second kappa shape index (κ2) is 6.35. The molecule has 19 heavy (non-hydrogen) atoms. The molecule has 1 aromatic heterocycles. The van der Waals surface area contributed by atoms with Gasteiger partial charge >= 0.3 is 0 Å². The van der Waals surface area contributed by atoms with Gasteiger partial charge in [0.05, 0.1) is 4.90 Å². The van der Waals surface area contributed by atoms with E-state index in [-0.39, 0.29) is 6.04 Å². The molecule has 2 heterocycles. The van der Waals surface area contributed by atoms with Gasteiger partial charge in [-0.2, -0.15) is 4.31 Å². The zero-order chi connectivity index (χ0) is 13.9. The van der Waals surface area contributed by atoms with E-state index in [4.69, 9.17) is 0 Å². The van der Waals surface area contributed by atoms with Gasteiger partial charge in [-0.3, -0.25) is 0 Å². The Balaban J connectivity index is 2.24. The molecule has 0 aliphatic carbocycles. The Labute approximate surface area is 119 Å². The highest BCUT2D eigenvalue weighted by Crippen LogP contribution is 2.27. The normalized spacial score (nSPS) is 22.3. The van der Waals surface area contributed by atoms with Gasteiger partial charge < -0.3 is 5.32 Å². The Hall–Kier alpha value is -0.430. The van der Waals surface area contributed by atoms with Gasteiger partial charge in [-0.05, 0) is 32.9 Å². The maximum Gasteiger partial charge on any atom is 0.244 e. The van der Waals surface area contributed by atoms with Crippen LogP contribution in [-0.4, -0.2) is 32.4 Å². The molecule has 1 aliphatic heterocycles. The summed E-state index contributed by atoms with van der Waals surface area (Å²) in [6.45, 7) is 3.39. The number of thiophene rings is 1. The largest absolute Gasteiger partial charge is 0.315 e. The van der Waals surface area contributed by atoms with Crippen LogP contribution in [0.25, 0.3) is 0 Å². The summed E-state index contributed by atoms with van der Waals surface area (Å²) in [5, 5.41) is 4.81. The summed E-state index contributed by atoms with van der Waals surface area (Å²) < 4.78 is 27.0. The molecule has 2 rings (SSSR count). The highest BCUT2D eigenvalue weighted by molar-refractivity contribution is 7.89. The van der Waals surface area contributed by atoms with E-state index in [1.807, 2.05) is 14.0 Å². The Kier molecular flexibility index (Phi) is 5.00. The van der Waals surface area contributed by atoms with E-state index in [1.165, 1.54) is 11.3 Å². The highest BCUT2D eigenvalue weighted by atomic mass is 32.2. The molecular weight excluding hydrogens is 280 g/mol. The van der Waals surface area contributed by atoms with Crippen LogP contribution >= 0.6 is 11.3 Å². The van der Waals surface area contributed by atoms with Crippen LogP contribution in [0.5, 0.6) is 0 Å². The first-order valence-corrected chi connectivity index (χ1v) is 9.11. The first-order chi connectivity index (χ1) is 9.05. The van der Waals surface area contributed by atoms with Crippen LogP contribution in [0.2, 0.25) is 0 Å². The van der Waals surface area contributed by atoms with E-state index in [2.05, 4.69) is 5.32 Å². The summed E-state index contributed by atoms with van der Waals surface area (Å²) in [6, 6.07) is 1.91. The third-order valence-electron chi connectivity index (χ3n) is 3.58. The summed E-state index contributed by atoms with van der Waals surface area (Å²) in [4.78, 5) is 1.51. The third-order valence-corrected chi connectivity index (χ3v) is 6.66. The van der Waals surface area contributed by atoms with Crippen LogP contribution < -0.4 is 5.32 Å². The molecule has 1 N–H and O–H groups in total. The average molecular weight is 302 g/mol. The van der Waals surface area contributed by atoms with Crippen molar-refractivity contribution in [3.8, 4) is 0 Å². The lowest BCUT2D eigenvalue weighted by molar-refractivity contribution is 0.342. The molecule has 0 amide bonds. The van der Waals surface area contributed by atoms with E-state index in [0.29, 0.717) is 11.4 Å². The number of hydrogen-bond donors (Lipinski definition) is 1. The molecule has 4 nitrogen and oxygen atoms in total. The molecule has 1 aliphatic rings. The van der Waals surface area contributed by atoms with Crippen molar-refractivity contribution in [3.63, 3.8) is 0 Å². The van der Waals surface area contributed by atoms with E-state index in [1.54, 1.807) is 15.8 Å². The van der Waals surface area contributed by atoms with Crippen molar-refractivity contribution in [3.05, 3.63) is 16.3 Å². The molecule has 1 fully saturated rings. The quantitative estimate of drug-likeness (QED) is 0.929. The SMILES string of the molecule is CNCc1cc(S(=O)(=O)N2CCCCCC2C)cs1. The lowest BCUT2D eigenvalue weighted by atomic mass is 10.1. The third kappa shape index (κ3) is 3.37. The van der Waals surface area contributed by atoms with E-state index >= 15 is 0 Å². The average Bonchev–Trinajstić information content (AvgIpc) is 2.72. The maximum atomic E-state index is 12.7. The lowest BCUT2D eigenvalue weighted by Crippen LogP contribution is -2.38. The summed E-state index contributed by atoms with van der Waals surface area (Å²) in [5.74, 6) is 0. The Morgan fingerprint density at radius 2 is 2.21 bits per heavy atom. The van der Waals surface area contributed by atoms with Gasteiger partial charge in [0, 0.05) is 29.4 Å². The van der Waals surface area contributed by atoms with Crippen LogP contribution in [0.1, 0.15) is 37.5 Å². The summed E-state index contributed by atoms with van der Waals surface area (Å²) in [7, 11) is -1.45. The molecule has 0 spiro atoms. The molecular formula is C13H22N2O2S2. The number of sulfonamides is 1. The summed E-state index contributed by atoms with van der Waals surface area (Å²) >= 11 is 1.50. The number of rotatable bonds is 4. The predicted octanol–water partition coefficient (Wildman–Crippen LogP) is 2.42. The van der Waals surface area contributed by atoms with Gasteiger partial charge in [-0.1, -0.05) is 12.8 Å². The van der Waals surface area contributed by atoms with Gasteiger partial charge in [0.15, 0.2) is 0 Å². The fourth-order valence-electron chi connectivity index (χ4n) is 2.50. The zero-order valence-electron chi connectivity index (χ0n) is 11.6. The van der Waals surface area contributed by atoms with Crippen molar-refractivity contribution in [1.82, 2.24) is 9.62 Å². The fourth-order valence-corrected chi connectivity index (χ4v) is 5.48. The summed E-state index contributed by atoms with van der Waals surface area (Å²) in [6.07, 6.45) is 4.19. The number of nitrogens with one attached hydrogen (secondary N) is 1. The minimum absolute atomic E-state index is 0.111. The Bertz CT molecular complexity index is 510. The first kappa shape index (κ1) is 15.0. The summed E-state index contributed by atoms with van der Waals surface area (Å²) in [5.41, 5.74) is 0. The molecule has 0 radical (unpaired) electrons. The van der Waals surface area contributed by atoms with Gasteiger partial charge in [-0.15, -0.1) is 11.3 Å². The smallest absolute Gasteiger partial charge is 0.244 e. The van der Waals surface area contributed by atoms with Crippen LogP contribution in [0.4, 0.5) is 0 Å². The van der Waals surface area contributed by atoms with Crippen molar-refractivity contribution >= 4 is 21.4 Å². The second-order valence-corrected chi connectivity index (χ2v) is 7.98. The van der Waals surface area contributed by atoms with Crippen molar-refractivity contribution in [1.29, 1.82) is 0 Å². The van der Waals surface area contributed by atoms with Crippen molar-refractivity contribution < 1.29 is 8.42 Å². The second-order valence-electron chi connectivity index (χ2n) is 5.09. The highest BCUT2D eigenvalue weighted by Gasteiger charge is 2.30. The van der Waals surface area contributed by atoms with Gasteiger partial charge in [-0.25, -0.2) is 8.42 Å². The Morgan fingerprint density at radius 1 is 1.42 bits per heavy atom. The van der Waals surface area contributed by atoms with Crippen molar-refractivity contribution in [2.45, 2.75) is 50.1 Å². The molecule has 108 valence electrons. The minimum Gasteiger partial charge on any atom is -0.315 e. The molecule has 6 heteroatoms. The molecule has 0 bridgehead atoms. The van der Waals surface area contributed by atoms with Crippen molar-refractivity contribution in [2.24, 2.45) is 0 Å². The predicted molar refractivity (Wildman–Crippen MR) is 78.9 cm³/mol. The molecule has 1 unspecified atom stereocenters. The topological polar surface area (TPSA) is 49.4 Å². The molecule has 0 aromatic carbocycles. The zero-order valence-corrected chi connectivity index (χ0v) is 13.2. The minimum atomic E-state index is -3.32. The van der Waals surface area contributed by atoms with Crippen LogP contribution in [0.15, 0.2) is 16.3 Å². The Morgan fingerprint density at radius 3 is 2.95 bits per heavy atom. The standard InChI is InChI=1S/C13H22N2O2S2/c1-11-6-4-3-5-7-15(11)19(16,17)13-8-12(9-14-2)18-10-13/h8,10-11,14H,3-7,9H2,1-2H3.